The van der Waals surface area contributed by atoms with Gasteiger partial charge in [0.05, 0.1) is 0 Å². The van der Waals surface area contributed by atoms with Crippen LogP contribution in [0.2, 0.25) is 0 Å². The summed E-state index contributed by atoms with van der Waals surface area (Å²) in [6.45, 7) is 8.96. The fourth-order valence-electron chi connectivity index (χ4n) is 4.24. The number of amides is 4. The van der Waals surface area contributed by atoms with Crippen molar-refractivity contribution in [3.63, 3.8) is 0 Å². The molecule has 1 aliphatic rings. The third-order valence-corrected chi connectivity index (χ3v) is 6.15. The number of carbonyl (C=O) groups is 4. The molecule has 9 heteroatoms. The van der Waals surface area contributed by atoms with Crippen molar-refractivity contribution >= 4 is 29.5 Å². The van der Waals surface area contributed by atoms with Crippen molar-refractivity contribution < 1.29 is 23.9 Å². The highest BCUT2D eigenvalue weighted by Gasteiger charge is 2.44. The zero-order valence-electron chi connectivity index (χ0n) is 22.7. The van der Waals surface area contributed by atoms with E-state index in [1.807, 2.05) is 62.4 Å². The lowest BCUT2D eigenvalue weighted by atomic mass is 9.99. The zero-order valence-corrected chi connectivity index (χ0v) is 22.7. The van der Waals surface area contributed by atoms with Gasteiger partial charge in [-0.1, -0.05) is 48.0 Å². The van der Waals surface area contributed by atoms with Crippen molar-refractivity contribution in [3.8, 4) is 0 Å². The lowest BCUT2D eigenvalue weighted by Crippen LogP contribution is -2.53. The number of rotatable bonds is 10. The molecule has 2 aromatic carbocycles. The summed E-state index contributed by atoms with van der Waals surface area (Å²) in [7, 11) is 0. The van der Waals surface area contributed by atoms with Crippen LogP contribution in [0.15, 0.2) is 48.5 Å². The summed E-state index contributed by atoms with van der Waals surface area (Å²) in [5.41, 5.74) is 7.72. The van der Waals surface area contributed by atoms with Crippen molar-refractivity contribution in [3.05, 3.63) is 65.2 Å². The number of aryl methyl sites for hydroxylation is 2. The fraction of sp³-hybridized carbons (Fsp3) is 0.448. The molecule has 2 unspecified atom stereocenters. The van der Waals surface area contributed by atoms with Gasteiger partial charge >= 0.3 is 6.09 Å². The summed E-state index contributed by atoms with van der Waals surface area (Å²) in [6.07, 6.45) is 0.528. The van der Waals surface area contributed by atoms with E-state index >= 15 is 0 Å². The molecule has 1 fully saturated rings. The fourth-order valence-corrected chi connectivity index (χ4v) is 4.24. The van der Waals surface area contributed by atoms with Gasteiger partial charge in [-0.05, 0) is 71.1 Å². The van der Waals surface area contributed by atoms with Crippen LogP contribution >= 0.6 is 0 Å². The number of alkyl carbamates (subject to hydrolysis) is 1. The molecule has 0 spiro atoms. The molecule has 38 heavy (non-hydrogen) atoms. The molecule has 0 heterocycles. The van der Waals surface area contributed by atoms with Crippen LogP contribution in [0.4, 0.5) is 10.5 Å². The van der Waals surface area contributed by atoms with Crippen molar-refractivity contribution in [1.82, 2.24) is 10.2 Å². The van der Waals surface area contributed by atoms with Crippen molar-refractivity contribution in [2.45, 2.75) is 84.0 Å². The third-order valence-electron chi connectivity index (χ3n) is 6.15. The van der Waals surface area contributed by atoms with Gasteiger partial charge in [0.2, 0.25) is 11.8 Å². The van der Waals surface area contributed by atoms with Crippen LogP contribution in [0.3, 0.4) is 0 Å². The average Bonchev–Trinajstić information content (AvgIpc) is 3.65. The molecule has 2 aromatic rings. The van der Waals surface area contributed by atoms with Gasteiger partial charge in [0.1, 0.15) is 17.7 Å². The van der Waals surface area contributed by atoms with E-state index < -0.39 is 35.6 Å². The molecule has 3 rings (SSSR count). The Balaban J connectivity index is 1.99. The van der Waals surface area contributed by atoms with Crippen LogP contribution in [0.1, 0.15) is 69.2 Å². The number of hydrogen-bond acceptors (Lipinski definition) is 5. The quantitative estimate of drug-likeness (QED) is 0.432. The van der Waals surface area contributed by atoms with Gasteiger partial charge in [0, 0.05) is 18.2 Å². The molecule has 4 amide bonds. The molecule has 1 saturated carbocycles. The largest absolute Gasteiger partial charge is 0.444 e. The molecule has 204 valence electrons. The maximum atomic E-state index is 14.1. The third kappa shape index (κ3) is 8.06. The topological polar surface area (TPSA) is 131 Å². The molecular weight excluding hydrogens is 484 g/mol. The molecule has 0 saturated heterocycles. The van der Waals surface area contributed by atoms with Crippen molar-refractivity contribution in [2.75, 3.05) is 5.32 Å². The molecule has 9 nitrogen and oxygen atoms in total. The molecule has 2 atom stereocenters. The molecule has 0 bridgehead atoms. The molecule has 1 aliphatic carbocycles. The Bertz CT molecular complexity index is 1190. The monoisotopic (exact) mass is 522 g/mol. The molecule has 0 aromatic heterocycles. The van der Waals surface area contributed by atoms with Gasteiger partial charge in [-0.25, -0.2) is 4.79 Å². The van der Waals surface area contributed by atoms with Crippen molar-refractivity contribution in [2.24, 2.45) is 5.73 Å². The Hall–Kier alpha value is -3.88. The summed E-state index contributed by atoms with van der Waals surface area (Å²) in [6, 6.07) is 12.6. The highest BCUT2D eigenvalue weighted by molar-refractivity contribution is 5.99. The average molecular weight is 523 g/mol. The van der Waals surface area contributed by atoms with Crippen LogP contribution in [-0.2, 0) is 19.1 Å². The van der Waals surface area contributed by atoms with E-state index in [0.717, 1.165) is 24.0 Å². The lowest BCUT2D eigenvalue weighted by molar-refractivity contribution is -0.141. The van der Waals surface area contributed by atoms with E-state index in [2.05, 4.69) is 10.6 Å². The first-order valence-electron chi connectivity index (χ1n) is 12.9. The number of hydrogen-bond donors (Lipinski definition) is 3. The minimum absolute atomic E-state index is 0.0173. The number of nitrogens with one attached hydrogen (secondary N) is 2. The number of anilines is 1. The Labute approximate surface area is 224 Å². The summed E-state index contributed by atoms with van der Waals surface area (Å²) >= 11 is 0. The highest BCUT2D eigenvalue weighted by Crippen LogP contribution is 2.36. The first-order valence-corrected chi connectivity index (χ1v) is 12.9. The number of carbonyl (C=O) groups excluding carboxylic acids is 4. The second-order valence-corrected chi connectivity index (χ2v) is 10.8. The van der Waals surface area contributed by atoms with Crippen LogP contribution in [0.25, 0.3) is 0 Å². The Morgan fingerprint density at radius 2 is 1.74 bits per heavy atom. The first-order chi connectivity index (χ1) is 17.9. The van der Waals surface area contributed by atoms with E-state index in [1.165, 1.54) is 0 Å². The lowest BCUT2D eigenvalue weighted by Gasteiger charge is -2.35. The minimum Gasteiger partial charge on any atom is -0.444 e. The first kappa shape index (κ1) is 28.7. The van der Waals surface area contributed by atoms with Crippen molar-refractivity contribution in [1.29, 1.82) is 0 Å². The van der Waals surface area contributed by atoms with E-state index in [-0.39, 0.29) is 24.8 Å². The summed E-state index contributed by atoms with van der Waals surface area (Å²) in [4.78, 5) is 53.7. The Morgan fingerprint density at radius 3 is 2.32 bits per heavy atom. The van der Waals surface area contributed by atoms with Crippen LogP contribution in [-0.4, -0.2) is 46.4 Å². The van der Waals surface area contributed by atoms with Gasteiger partial charge in [-0.2, -0.15) is 0 Å². The number of nitrogens with zero attached hydrogens (tertiary/aromatic N) is 1. The van der Waals surface area contributed by atoms with Crippen LogP contribution < -0.4 is 16.4 Å². The maximum absolute atomic E-state index is 14.1. The number of primary amides is 1. The minimum atomic E-state index is -1.10. The van der Waals surface area contributed by atoms with Gasteiger partial charge in [-0.15, -0.1) is 0 Å². The Morgan fingerprint density at radius 1 is 1.05 bits per heavy atom. The van der Waals surface area contributed by atoms with E-state index in [4.69, 9.17) is 10.5 Å². The van der Waals surface area contributed by atoms with Gasteiger partial charge in [0.15, 0.2) is 0 Å². The highest BCUT2D eigenvalue weighted by atomic mass is 16.6. The zero-order chi connectivity index (χ0) is 28.0. The Kier molecular flexibility index (Phi) is 9.14. The SMILES string of the molecule is Cc1cccc(C(C(=O)Nc2ccccc2C)N(C(=O)C(CCC(N)=O)NC(=O)OC(C)(C)C)C2CC2)c1. The maximum Gasteiger partial charge on any atom is 0.408 e. The predicted octanol–water partition coefficient (Wildman–Crippen LogP) is 4.13. The standard InChI is InChI=1S/C29H38N4O5/c1-18-9-8-11-20(17-18)25(26(35)31-22-12-7-6-10-19(22)2)33(21-13-14-21)27(36)23(15-16-24(30)34)32-28(37)38-29(3,4)5/h6-12,17,21,23,25H,13-16H2,1-5H3,(H2,30,34)(H,31,35)(H,32,37). The number of benzene rings is 2. The summed E-state index contributed by atoms with van der Waals surface area (Å²) in [5.74, 6) is -1.43. The van der Waals surface area contributed by atoms with Crippen LogP contribution in [0.5, 0.6) is 0 Å². The molecule has 0 radical (unpaired) electrons. The number of nitrogens with two attached hydrogens (primary N) is 1. The number of ether oxygens (including phenoxy) is 1. The van der Waals surface area contributed by atoms with Crippen LogP contribution in [0, 0.1) is 13.8 Å². The molecule has 4 N–H and O–H groups in total. The molecule has 0 aliphatic heterocycles. The van der Waals surface area contributed by atoms with E-state index in [0.29, 0.717) is 11.3 Å². The molecular formula is C29H38N4O5. The van der Waals surface area contributed by atoms with E-state index in [1.54, 1.807) is 25.7 Å². The van der Waals surface area contributed by atoms with Gasteiger partial charge in [-0.3, -0.25) is 14.4 Å². The number of para-hydroxylation sites is 1. The van der Waals surface area contributed by atoms with E-state index in [9.17, 15) is 19.2 Å². The van der Waals surface area contributed by atoms with Gasteiger partial charge in [0.25, 0.3) is 5.91 Å². The van der Waals surface area contributed by atoms with Gasteiger partial charge < -0.3 is 26.0 Å². The summed E-state index contributed by atoms with van der Waals surface area (Å²) in [5, 5.41) is 5.60. The smallest absolute Gasteiger partial charge is 0.408 e. The summed E-state index contributed by atoms with van der Waals surface area (Å²) < 4.78 is 5.37. The second-order valence-electron chi connectivity index (χ2n) is 10.8. The normalized spacial score (nSPS) is 14.7. The second kappa shape index (κ2) is 12.1. The predicted molar refractivity (Wildman–Crippen MR) is 145 cm³/mol.